The molecule has 5 heteroatoms. The summed E-state index contributed by atoms with van der Waals surface area (Å²) in [6.07, 6.45) is 9.45. The Labute approximate surface area is 136 Å². The number of hydrogen-bond donors (Lipinski definition) is 1. The van der Waals surface area contributed by atoms with Gasteiger partial charge in [-0.2, -0.15) is 0 Å². The third-order valence-corrected chi connectivity index (χ3v) is 4.73. The Balaban J connectivity index is 1.43. The predicted molar refractivity (Wildman–Crippen MR) is 92.2 cm³/mol. The third-order valence-electron chi connectivity index (χ3n) is 4.73. The van der Waals surface area contributed by atoms with Crippen molar-refractivity contribution in [1.29, 1.82) is 0 Å². The van der Waals surface area contributed by atoms with Crippen molar-refractivity contribution in [3.05, 3.63) is 36.7 Å². The predicted octanol–water partition coefficient (Wildman–Crippen LogP) is 3.30. The van der Waals surface area contributed by atoms with Gasteiger partial charge in [-0.1, -0.05) is 24.1 Å². The van der Waals surface area contributed by atoms with Gasteiger partial charge in [0.25, 0.3) is 0 Å². The summed E-state index contributed by atoms with van der Waals surface area (Å²) >= 11 is 0. The Hall–Kier alpha value is -2.14. The van der Waals surface area contributed by atoms with Gasteiger partial charge in [0.2, 0.25) is 0 Å². The molecule has 0 spiro atoms. The van der Waals surface area contributed by atoms with E-state index in [1.165, 1.54) is 44.2 Å². The molecule has 1 N–H and O–H groups in total. The topological polar surface area (TPSA) is 49.7 Å². The van der Waals surface area contributed by atoms with Crippen LogP contribution < -0.4 is 0 Å². The van der Waals surface area contributed by atoms with Crippen molar-refractivity contribution in [3.8, 4) is 11.3 Å². The lowest BCUT2D eigenvalue weighted by Gasteiger charge is -2.19. The Kier molecular flexibility index (Phi) is 4.11. The SMILES string of the molecule is c1cc2cc(-c3cn(CCN4CCCCCC4)nn3)ccc2[nH]1. The fraction of sp³-hybridized carbons (Fsp3) is 0.444. The van der Waals surface area contributed by atoms with E-state index < -0.39 is 0 Å². The largest absolute Gasteiger partial charge is 0.361 e. The van der Waals surface area contributed by atoms with E-state index in [0.29, 0.717) is 0 Å². The van der Waals surface area contributed by atoms with Gasteiger partial charge in [0.1, 0.15) is 5.69 Å². The minimum Gasteiger partial charge on any atom is -0.361 e. The average molecular weight is 309 g/mol. The number of aromatic nitrogens is 4. The van der Waals surface area contributed by atoms with Crippen molar-refractivity contribution in [2.45, 2.75) is 32.2 Å². The maximum Gasteiger partial charge on any atom is 0.113 e. The highest BCUT2D eigenvalue weighted by Crippen LogP contribution is 2.22. The molecule has 5 nitrogen and oxygen atoms in total. The van der Waals surface area contributed by atoms with Crippen molar-refractivity contribution >= 4 is 10.9 Å². The molecule has 3 aromatic rings. The van der Waals surface area contributed by atoms with Gasteiger partial charge in [0.15, 0.2) is 0 Å². The molecule has 0 atom stereocenters. The first kappa shape index (κ1) is 14.5. The van der Waals surface area contributed by atoms with Crippen LogP contribution in [0.2, 0.25) is 0 Å². The summed E-state index contributed by atoms with van der Waals surface area (Å²) in [5.41, 5.74) is 3.23. The second-order valence-electron chi connectivity index (χ2n) is 6.40. The first-order chi connectivity index (χ1) is 11.4. The molecule has 0 unspecified atom stereocenters. The molecular weight excluding hydrogens is 286 g/mol. The average Bonchev–Trinajstić information content (AvgIpc) is 3.16. The smallest absolute Gasteiger partial charge is 0.113 e. The van der Waals surface area contributed by atoms with E-state index in [-0.39, 0.29) is 0 Å². The zero-order valence-electron chi connectivity index (χ0n) is 13.4. The Morgan fingerprint density at radius 3 is 2.74 bits per heavy atom. The highest BCUT2D eigenvalue weighted by atomic mass is 15.4. The molecule has 0 radical (unpaired) electrons. The molecule has 1 aromatic carbocycles. The summed E-state index contributed by atoms with van der Waals surface area (Å²) < 4.78 is 1.97. The lowest BCUT2D eigenvalue weighted by Crippen LogP contribution is -2.28. The van der Waals surface area contributed by atoms with Gasteiger partial charge in [-0.3, -0.25) is 4.68 Å². The quantitative estimate of drug-likeness (QED) is 0.804. The normalized spacial score (nSPS) is 16.7. The second-order valence-corrected chi connectivity index (χ2v) is 6.40. The fourth-order valence-electron chi connectivity index (χ4n) is 3.36. The first-order valence-electron chi connectivity index (χ1n) is 8.58. The number of likely N-dealkylation sites (tertiary alicyclic amines) is 1. The monoisotopic (exact) mass is 309 g/mol. The Morgan fingerprint density at radius 2 is 1.87 bits per heavy atom. The van der Waals surface area contributed by atoms with Gasteiger partial charge in [-0.15, -0.1) is 5.10 Å². The molecule has 0 bridgehead atoms. The number of nitrogens with one attached hydrogen (secondary N) is 1. The number of hydrogen-bond acceptors (Lipinski definition) is 3. The number of fused-ring (bicyclic) bond motifs is 1. The van der Waals surface area contributed by atoms with Gasteiger partial charge in [0, 0.05) is 29.2 Å². The number of aromatic amines is 1. The number of H-pyrrole nitrogens is 1. The van der Waals surface area contributed by atoms with E-state index in [4.69, 9.17) is 0 Å². The van der Waals surface area contributed by atoms with Crippen LogP contribution >= 0.6 is 0 Å². The van der Waals surface area contributed by atoms with Crippen LogP contribution in [0.5, 0.6) is 0 Å². The van der Waals surface area contributed by atoms with Gasteiger partial charge in [-0.25, -0.2) is 0 Å². The maximum absolute atomic E-state index is 4.34. The molecule has 4 rings (SSSR count). The molecule has 23 heavy (non-hydrogen) atoms. The van der Waals surface area contributed by atoms with Gasteiger partial charge in [-0.05, 0) is 44.1 Å². The molecule has 2 aromatic heterocycles. The molecule has 1 saturated heterocycles. The summed E-state index contributed by atoms with van der Waals surface area (Å²) in [6, 6.07) is 8.44. The van der Waals surface area contributed by atoms with E-state index in [1.54, 1.807) is 0 Å². The first-order valence-corrected chi connectivity index (χ1v) is 8.58. The summed E-state index contributed by atoms with van der Waals surface area (Å²) in [6.45, 7) is 4.44. The van der Waals surface area contributed by atoms with Crippen molar-refractivity contribution in [3.63, 3.8) is 0 Å². The minimum absolute atomic E-state index is 0.916. The van der Waals surface area contributed by atoms with Crippen LogP contribution in [-0.4, -0.2) is 44.5 Å². The van der Waals surface area contributed by atoms with Crippen molar-refractivity contribution in [2.75, 3.05) is 19.6 Å². The molecule has 0 saturated carbocycles. The number of rotatable bonds is 4. The number of benzene rings is 1. The van der Waals surface area contributed by atoms with Gasteiger partial charge >= 0.3 is 0 Å². The van der Waals surface area contributed by atoms with Crippen molar-refractivity contribution in [1.82, 2.24) is 24.9 Å². The van der Waals surface area contributed by atoms with Gasteiger partial charge in [0.05, 0.1) is 12.7 Å². The van der Waals surface area contributed by atoms with Crippen LogP contribution in [0, 0.1) is 0 Å². The Bertz CT molecular complexity index is 764. The van der Waals surface area contributed by atoms with E-state index in [0.717, 1.165) is 29.9 Å². The van der Waals surface area contributed by atoms with Crippen LogP contribution in [0.25, 0.3) is 22.2 Å². The summed E-state index contributed by atoms with van der Waals surface area (Å²) in [4.78, 5) is 5.77. The lowest BCUT2D eigenvalue weighted by molar-refractivity contribution is 0.267. The van der Waals surface area contributed by atoms with E-state index in [2.05, 4.69) is 50.7 Å². The lowest BCUT2D eigenvalue weighted by atomic mass is 10.1. The zero-order valence-corrected chi connectivity index (χ0v) is 13.4. The molecule has 0 aliphatic carbocycles. The molecule has 1 fully saturated rings. The van der Waals surface area contributed by atoms with Crippen LogP contribution in [-0.2, 0) is 6.54 Å². The van der Waals surface area contributed by atoms with Crippen LogP contribution in [0.15, 0.2) is 36.7 Å². The van der Waals surface area contributed by atoms with E-state index >= 15 is 0 Å². The zero-order chi connectivity index (χ0) is 15.5. The van der Waals surface area contributed by atoms with Crippen LogP contribution in [0.1, 0.15) is 25.7 Å². The molecule has 1 aliphatic heterocycles. The maximum atomic E-state index is 4.34. The van der Waals surface area contributed by atoms with E-state index in [9.17, 15) is 0 Å². The highest BCUT2D eigenvalue weighted by molar-refractivity contribution is 5.84. The summed E-state index contributed by atoms with van der Waals surface area (Å²) in [5.74, 6) is 0. The summed E-state index contributed by atoms with van der Waals surface area (Å²) in [7, 11) is 0. The van der Waals surface area contributed by atoms with Crippen molar-refractivity contribution in [2.24, 2.45) is 0 Å². The van der Waals surface area contributed by atoms with Crippen LogP contribution in [0.3, 0.4) is 0 Å². The summed E-state index contributed by atoms with van der Waals surface area (Å²) in [5, 5.41) is 9.85. The Morgan fingerprint density at radius 1 is 1.00 bits per heavy atom. The third kappa shape index (κ3) is 3.29. The van der Waals surface area contributed by atoms with Crippen molar-refractivity contribution < 1.29 is 0 Å². The highest BCUT2D eigenvalue weighted by Gasteiger charge is 2.10. The molecular formula is C18H23N5. The minimum atomic E-state index is 0.916. The second kappa shape index (κ2) is 6.54. The van der Waals surface area contributed by atoms with Gasteiger partial charge < -0.3 is 9.88 Å². The molecule has 3 heterocycles. The van der Waals surface area contributed by atoms with Crippen LogP contribution in [0.4, 0.5) is 0 Å². The molecule has 120 valence electrons. The standard InChI is InChI=1S/C18H23N5/c1-2-4-10-22(9-3-1)11-12-23-14-18(20-21-23)15-5-6-17-16(13-15)7-8-19-17/h5-8,13-14,19H,1-4,9-12H2. The molecule has 1 aliphatic rings. The number of nitrogens with zero attached hydrogens (tertiary/aromatic N) is 4. The van der Waals surface area contributed by atoms with E-state index in [1.807, 2.05) is 10.9 Å². The molecule has 0 amide bonds. The fourth-order valence-corrected chi connectivity index (χ4v) is 3.36.